The van der Waals surface area contributed by atoms with Crippen molar-refractivity contribution >= 4 is 5.69 Å². The molecule has 2 heterocycles. The summed E-state index contributed by atoms with van der Waals surface area (Å²) in [7, 11) is 0. The van der Waals surface area contributed by atoms with Gasteiger partial charge < -0.3 is 14.8 Å². The number of nitrogens with zero attached hydrogens (tertiary/aromatic N) is 1. The Balaban J connectivity index is 1.70. The molecule has 1 fully saturated rings. The van der Waals surface area contributed by atoms with Crippen LogP contribution in [-0.4, -0.2) is 24.3 Å². The van der Waals surface area contributed by atoms with Crippen LogP contribution in [0.3, 0.4) is 0 Å². The van der Waals surface area contributed by atoms with Gasteiger partial charge in [0, 0.05) is 31.1 Å². The number of nitrogens with one attached hydrogen (secondary N) is 1. The number of rotatable bonds is 6. The van der Waals surface area contributed by atoms with Gasteiger partial charge in [-0.05, 0) is 49.6 Å². The van der Waals surface area contributed by atoms with Crippen LogP contribution in [0.4, 0.5) is 10.1 Å². The van der Waals surface area contributed by atoms with Crippen molar-refractivity contribution in [3.05, 3.63) is 54.1 Å². The van der Waals surface area contributed by atoms with E-state index in [0.717, 1.165) is 25.0 Å². The van der Waals surface area contributed by atoms with E-state index in [4.69, 9.17) is 9.47 Å². The molecule has 0 saturated carbocycles. The molecule has 0 aliphatic carbocycles. The van der Waals surface area contributed by atoms with Crippen LogP contribution in [0.5, 0.6) is 5.75 Å². The highest BCUT2D eigenvalue weighted by molar-refractivity contribution is 5.57. The largest absolute Gasteiger partial charge is 0.489 e. The Hall–Kier alpha value is -2.14. The Labute approximate surface area is 135 Å². The van der Waals surface area contributed by atoms with Crippen LogP contribution in [0.15, 0.2) is 42.7 Å². The first kappa shape index (κ1) is 15.7. The van der Waals surface area contributed by atoms with Crippen molar-refractivity contribution < 1.29 is 13.9 Å². The maximum Gasteiger partial charge on any atom is 0.142 e. The lowest BCUT2D eigenvalue weighted by Crippen LogP contribution is -2.17. The monoisotopic (exact) mass is 316 g/mol. The Morgan fingerprint density at radius 3 is 2.91 bits per heavy atom. The van der Waals surface area contributed by atoms with Crippen LogP contribution in [-0.2, 0) is 4.74 Å². The quantitative estimate of drug-likeness (QED) is 0.876. The zero-order valence-electron chi connectivity index (χ0n) is 13.2. The molecule has 1 N–H and O–H groups in total. The van der Waals surface area contributed by atoms with Crippen LogP contribution in [0.1, 0.15) is 31.4 Å². The van der Waals surface area contributed by atoms with Gasteiger partial charge in [0.05, 0.1) is 11.8 Å². The fraction of sp³-hybridized carbons (Fsp3) is 0.389. The summed E-state index contributed by atoms with van der Waals surface area (Å²) in [5, 5.41) is 3.31. The highest BCUT2D eigenvalue weighted by Gasteiger charge is 2.17. The lowest BCUT2D eigenvalue weighted by Gasteiger charge is -2.19. The fourth-order valence-electron chi connectivity index (χ4n) is 2.67. The molecule has 2 aromatic rings. The van der Waals surface area contributed by atoms with Crippen LogP contribution in [0.2, 0.25) is 0 Å². The van der Waals surface area contributed by atoms with E-state index < -0.39 is 0 Å². The molecule has 1 aromatic heterocycles. The van der Waals surface area contributed by atoms with Gasteiger partial charge in [-0.15, -0.1) is 0 Å². The molecule has 2 atom stereocenters. The number of halogens is 1. The number of ether oxygens (including phenoxy) is 2. The van der Waals surface area contributed by atoms with E-state index >= 15 is 0 Å². The number of hydrogen-bond acceptors (Lipinski definition) is 4. The minimum absolute atomic E-state index is 0.0184. The van der Waals surface area contributed by atoms with Crippen LogP contribution < -0.4 is 10.1 Å². The van der Waals surface area contributed by atoms with Crippen molar-refractivity contribution in [2.75, 3.05) is 18.5 Å². The molecule has 0 amide bonds. The Morgan fingerprint density at radius 2 is 2.17 bits per heavy atom. The maximum absolute atomic E-state index is 13.6. The zero-order valence-corrected chi connectivity index (χ0v) is 13.2. The number of pyridine rings is 1. The highest BCUT2D eigenvalue weighted by atomic mass is 19.1. The summed E-state index contributed by atoms with van der Waals surface area (Å²) < 4.78 is 25.0. The first-order valence-electron chi connectivity index (χ1n) is 7.93. The summed E-state index contributed by atoms with van der Waals surface area (Å²) in [6.45, 7) is 3.30. The Bertz CT molecular complexity index is 630. The minimum atomic E-state index is -0.293. The summed E-state index contributed by atoms with van der Waals surface area (Å²) >= 11 is 0. The molecule has 1 aliphatic rings. The molecular formula is C18H21FN2O2. The predicted octanol–water partition coefficient (Wildman–Crippen LogP) is 3.95. The van der Waals surface area contributed by atoms with E-state index in [1.807, 2.05) is 19.1 Å². The van der Waals surface area contributed by atoms with Gasteiger partial charge in [0.1, 0.15) is 18.2 Å². The van der Waals surface area contributed by atoms with Crippen LogP contribution >= 0.6 is 0 Å². The molecule has 0 spiro atoms. The van der Waals surface area contributed by atoms with E-state index in [2.05, 4.69) is 10.3 Å². The molecule has 5 heteroatoms. The fourth-order valence-corrected chi connectivity index (χ4v) is 2.67. The van der Waals surface area contributed by atoms with E-state index in [0.29, 0.717) is 18.0 Å². The molecular weight excluding hydrogens is 295 g/mol. The number of benzene rings is 1. The third-order valence-electron chi connectivity index (χ3n) is 3.97. The molecule has 0 radical (unpaired) electrons. The lowest BCUT2D eigenvalue weighted by atomic mass is 10.1. The average Bonchev–Trinajstić information content (AvgIpc) is 3.08. The Kier molecular flexibility index (Phi) is 5.08. The van der Waals surface area contributed by atoms with Gasteiger partial charge in [-0.25, -0.2) is 4.39 Å². The van der Waals surface area contributed by atoms with Gasteiger partial charge in [0.15, 0.2) is 0 Å². The van der Waals surface area contributed by atoms with Crippen molar-refractivity contribution in [3.8, 4) is 5.75 Å². The molecule has 0 bridgehead atoms. The second kappa shape index (κ2) is 7.42. The maximum atomic E-state index is 13.6. The van der Waals surface area contributed by atoms with E-state index in [1.54, 1.807) is 18.5 Å². The van der Waals surface area contributed by atoms with Gasteiger partial charge in [0.25, 0.3) is 0 Å². The SMILES string of the molecule is C[C@@H](Nc1cc(F)ccc1OC[C@H]1CCCO1)c1ccncc1. The molecule has 1 aliphatic heterocycles. The third-order valence-corrected chi connectivity index (χ3v) is 3.97. The van der Waals surface area contributed by atoms with Crippen molar-refractivity contribution in [3.63, 3.8) is 0 Å². The molecule has 122 valence electrons. The van der Waals surface area contributed by atoms with Gasteiger partial charge in [-0.3, -0.25) is 4.98 Å². The summed E-state index contributed by atoms with van der Waals surface area (Å²) in [5.74, 6) is 0.349. The molecule has 0 unspecified atom stereocenters. The van der Waals surface area contributed by atoms with Crippen molar-refractivity contribution in [2.24, 2.45) is 0 Å². The highest BCUT2D eigenvalue weighted by Crippen LogP contribution is 2.29. The normalized spacial score (nSPS) is 18.6. The van der Waals surface area contributed by atoms with Crippen LogP contribution in [0, 0.1) is 5.82 Å². The molecule has 1 saturated heterocycles. The van der Waals surface area contributed by atoms with Crippen molar-refractivity contribution in [1.29, 1.82) is 0 Å². The van der Waals surface area contributed by atoms with Crippen molar-refractivity contribution in [1.82, 2.24) is 4.98 Å². The lowest BCUT2D eigenvalue weighted by molar-refractivity contribution is 0.0681. The zero-order chi connectivity index (χ0) is 16.1. The number of anilines is 1. The van der Waals surface area contributed by atoms with E-state index in [9.17, 15) is 4.39 Å². The first-order chi connectivity index (χ1) is 11.2. The summed E-state index contributed by atoms with van der Waals surface area (Å²) in [6.07, 6.45) is 5.70. The molecule has 4 nitrogen and oxygen atoms in total. The topological polar surface area (TPSA) is 43.4 Å². The summed E-state index contributed by atoms with van der Waals surface area (Å²) in [4.78, 5) is 4.01. The molecule has 23 heavy (non-hydrogen) atoms. The standard InChI is InChI=1S/C18H21FN2O2/c1-13(14-6-8-20-9-7-14)21-17-11-15(19)4-5-18(17)23-12-16-3-2-10-22-16/h4-9,11,13,16,21H,2-3,10,12H2,1H3/t13-,16-/m1/s1. The molecule has 1 aromatic carbocycles. The van der Waals surface area contributed by atoms with E-state index in [-0.39, 0.29) is 18.0 Å². The smallest absolute Gasteiger partial charge is 0.142 e. The van der Waals surface area contributed by atoms with E-state index in [1.165, 1.54) is 12.1 Å². The van der Waals surface area contributed by atoms with Crippen molar-refractivity contribution in [2.45, 2.75) is 31.9 Å². The van der Waals surface area contributed by atoms with Gasteiger partial charge in [-0.1, -0.05) is 0 Å². The van der Waals surface area contributed by atoms with Gasteiger partial charge in [0.2, 0.25) is 0 Å². The van der Waals surface area contributed by atoms with Gasteiger partial charge >= 0.3 is 0 Å². The second-order valence-electron chi connectivity index (χ2n) is 5.73. The van der Waals surface area contributed by atoms with Crippen LogP contribution in [0.25, 0.3) is 0 Å². The number of hydrogen-bond donors (Lipinski definition) is 1. The molecule has 3 rings (SSSR count). The number of aromatic nitrogens is 1. The predicted molar refractivity (Wildman–Crippen MR) is 87.1 cm³/mol. The Morgan fingerprint density at radius 1 is 1.35 bits per heavy atom. The summed E-state index contributed by atoms with van der Waals surface area (Å²) in [5.41, 5.74) is 1.72. The summed E-state index contributed by atoms with van der Waals surface area (Å²) in [6, 6.07) is 8.42. The minimum Gasteiger partial charge on any atom is -0.489 e. The van der Waals surface area contributed by atoms with Gasteiger partial charge in [-0.2, -0.15) is 0 Å². The first-order valence-corrected chi connectivity index (χ1v) is 7.93. The second-order valence-corrected chi connectivity index (χ2v) is 5.73. The average molecular weight is 316 g/mol. The third kappa shape index (κ3) is 4.20.